The fourth-order valence-electron chi connectivity index (χ4n) is 3.55. The Bertz CT molecular complexity index is 525. The van der Waals surface area contributed by atoms with Gasteiger partial charge in [-0.3, -0.25) is 4.79 Å². The number of rotatable bonds is 3. The highest BCUT2D eigenvalue weighted by Gasteiger charge is 2.31. The minimum Gasteiger partial charge on any atom is -0.341 e. The molecule has 2 fully saturated rings. The first-order valence-electron chi connectivity index (χ1n) is 7.91. The number of benzene rings is 1. The molecule has 1 aromatic carbocycles. The van der Waals surface area contributed by atoms with Gasteiger partial charge in [0.25, 0.3) is 0 Å². The van der Waals surface area contributed by atoms with Crippen molar-refractivity contribution >= 4 is 18.3 Å². The number of carbonyl (C=O) groups is 1. The zero-order chi connectivity index (χ0) is 14.8. The first-order valence-corrected chi connectivity index (χ1v) is 7.91. The number of hydrogen-bond donors (Lipinski definition) is 1. The predicted octanol–water partition coefficient (Wildman–Crippen LogP) is 3.09. The van der Waals surface area contributed by atoms with Crippen LogP contribution in [0.3, 0.4) is 0 Å². The molecule has 22 heavy (non-hydrogen) atoms. The second kappa shape index (κ2) is 7.42. The van der Waals surface area contributed by atoms with Crippen molar-refractivity contribution in [3.63, 3.8) is 0 Å². The third-order valence-electron chi connectivity index (χ3n) is 4.79. The van der Waals surface area contributed by atoms with Gasteiger partial charge in [-0.2, -0.15) is 0 Å². The van der Waals surface area contributed by atoms with Crippen molar-refractivity contribution < 1.29 is 9.18 Å². The number of nitrogens with zero attached hydrogens (tertiary/aromatic N) is 1. The minimum atomic E-state index is -0.214. The molecule has 1 amide bonds. The Kier molecular flexibility index (Phi) is 5.81. The van der Waals surface area contributed by atoms with Crippen molar-refractivity contribution in [3.8, 4) is 0 Å². The molecule has 0 aromatic heterocycles. The summed E-state index contributed by atoms with van der Waals surface area (Å²) in [6, 6.07) is 7.78. The molecule has 3 rings (SSSR count). The van der Waals surface area contributed by atoms with Crippen molar-refractivity contribution in [1.29, 1.82) is 0 Å². The summed E-state index contributed by atoms with van der Waals surface area (Å²) >= 11 is 0. The number of likely N-dealkylation sites (tertiary alicyclic amines) is 1. The number of amides is 1. The van der Waals surface area contributed by atoms with E-state index in [0.29, 0.717) is 24.1 Å². The van der Waals surface area contributed by atoms with E-state index in [2.05, 4.69) is 5.32 Å². The standard InChI is InChI=1S/C17H23FN2O.ClH/c1-12(15-4-2-3-5-16(15)18)10-17(21)20-9-8-13-6-7-14(11-20)19-13;/h2-5,12-14,19H,6-11H2,1H3;1H. The van der Waals surface area contributed by atoms with Gasteiger partial charge in [0.05, 0.1) is 0 Å². The topological polar surface area (TPSA) is 32.3 Å². The van der Waals surface area contributed by atoms with E-state index in [1.807, 2.05) is 17.9 Å². The first-order chi connectivity index (χ1) is 10.1. The lowest BCUT2D eigenvalue weighted by atomic mass is 9.96. The van der Waals surface area contributed by atoms with Gasteiger partial charge >= 0.3 is 0 Å². The maximum Gasteiger partial charge on any atom is 0.223 e. The molecular formula is C17H24ClFN2O. The van der Waals surface area contributed by atoms with E-state index < -0.39 is 0 Å². The third-order valence-corrected chi connectivity index (χ3v) is 4.79. The Hall–Kier alpha value is -1.13. The Labute approximate surface area is 137 Å². The summed E-state index contributed by atoms with van der Waals surface area (Å²) in [6.45, 7) is 3.56. The van der Waals surface area contributed by atoms with Crippen LogP contribution in [0.15, 0.2) is 24.3 Å². The fraction of sp³-hybridized carbons (Fsp3) is 0.588. The smallest absolute Gasteiger partial charge is 0.223 e. The summed E-state index contributed by atoms with van der Waals surface area (Å²) in [7, 11) is 0. The van der Waals surface area contributed by atoms with E-state index in [-0.39, 0.29) is 30.0 Å². The highest BCUT2D eigenvalue weighted by atomic mass is 35.5. The normalized spacial score (nSPS) is 25.3. The van der Waals surface area contributed by atoms with E-state index in [1.165, 1.54) is 12.5 Å². The molecule has 1 aromatic rings. The van der Waals surface area contributed by atoms with Crippen molar-refractivity contribution in [2.75, 3.05) is 13.1 Å². The summed E-state index contributed by atoms with van der Waals surface area (Å²) in [4.78, 5) is 14.5. The third kappa shape index (κ3) is 3.79. The van der Waals surface area contributed by atoms with E-state index in [1.54, 1.807) is 12.1 Å². The lowest BCUT2D eigenvalue weighted by Crippen LogP contribution is -2.39. The Morgan fingerprint density at radius 3 is 2.82 bits per heavy atom. The van der Waals surface area contributed by atoms with Gasteiger partial charge in [0.1, 0.15) is 5.82 Å². The van der Waals surface area contributed by atoms with Gasteiger partial charge in [-0.25, -0.2) is 4.39 Å². The van der Waals surface area contributed by atoms with Crippen LogP contribution in [0.1, 0.15) is 44.1 Å². The van der Waals surface area contributed by atoms with Crippen LogP contribution < -0.4 is 5.32 Å². The molecule has 3 atom stereocenters. The van der Waals surface area contributed by atoms with Crippen molar-refractivity contribution in [1.82, 2.24) is 10.2 Å². The van der Waals surface area contributed by atoms with Crippen molar-refractivity contribution in [3.05, 3.63) is 35.6 Å². The first kappa shape index (κ1) is 17.2. The van der Waals surface area contributed by atoms with Crippen LogP contribution in [-0.2, 0) is 4.79 Å². The quantitative estimate of drug-likeness (QED) is 0.925. The Morgan fingerprint density at radius 2 is 2.05 bits per heavy atom. The molecule has 2 aliphatic heterocycles. The zero-order valence-corrected chi connectivity index (χ0v) is 13.7. The molecule has 2 aliphatic rings. The van der Waals surface area contributed by atoms with E-state index >= 15 is 0 Å². The van der Waals surface area contributed by atoms with Crippen LogP contribution in [0.2, 0.25) is 0 Å². The van der Waals surface area contributed by atoms with E-state index in [9.17, 15) is 9.18 Å². The molecule has 5 heteroatoms. The lowest BCUT2D eigenvalue weighted by molar-refractivity contribution is -0.131. The highest BCUT2D eigenvalue weighted by Crippen LogP contribution is 2.25. The van der Waals surface area contributed by atoms with Crippen LogP contribution in [0.25, 0.3) is 0 Å². The summed E-state index contributed by atoms with van der Waals surface area (Å²) in [6.07, 6.45) is 3.82. The number of halogens is 2. The summed E-state index contributed by atoms with van der Waals surface area (Å²) < 4.78 is 13.8. The molecule has 2 bridgehead atoms. The van der Waals surface area contributed by atoms with Gasteiger partial charge in [-0.15, -0.1) is 12.4 Å². The largest absolute Gasteiger partial charge is 0.341 e. The maximum atomic E-state index is 13.8. The second-order valence-electron chi connectivity index (χ2n) is 6.39. The molecule has 2 heterocycles. The van der Waals surface area contributed by atoms with Crippen LogP contribution in [0, 0.1) is 5.82 Å². The van der Waals surface area contributed by atoms with Crippen LogP contribution in [0.5, 0.6) is 0 Å². The van der Waals surface area contributed by atoms with Crippen LogP contribution >= 0.6 is 12.4 Å². The van der Waals surface area contributed by atoms with Gasteiger partial charge in [-0.05, 0) is 36.8 Å². The molecule has 1 N–H and O–H groups in total. The predicted molar refractivity (Wildman–Crippen MR) is 87.8 cm³/mol. The molecule has 0 radical (unpaired) electrons. The number of carbonyl (C=O) groups excluding carboxylic acids is 1. The SMILES string of the molecule is CC(CC(=O)N1CCC2CCC(C1)N2)c1ccccc1F.Cl. The molecule has 122 valence electrons. The summed E-state index contributed by atoms with van der Waals surface area (Å²) in [5.41, 5.74) is 0.639. The van der Waals surface area contributed by atoms with Gasteiger partial charge in [0, 0.05) is 31.6 Å². The molecule has 3 nitrogen and oxygen atoms in total. The van der Waals surface area contributed by atoms with E-state index in [0.717, 1.165) is 25.9 Å². The molecule has 3 unspecified atom stereocenters. The molecule has 2 saturated heterocycles. The summed E-state index contributed by atoms with van der Waals surface area (Å²) in [5.74, 6) is -0.137. The van der Waals surface area contributed by atoms with Crippen LogP contribution in [0.4, 0.5) is 4.39 Å². The molecule has 0 saturated carbocycles. The van der Waals surface area contributed by atoms with Crippen LogP contribution in [-0.4, -0.2) is 36.0 Å². The Balaban J connectivity index is 0.00000176. The molecule has 0 spiro atoms. The number of fused-ring (bicyclic) bond motifs is 2. The van der Waals surface area contributed by atoms with Gasteiger partial charge < -0.3 is 10.2 Å². The average Bonchev–Trinajstić information content (AvgIpc) is 2.78. The zero-order valence-electron chi connectivity index (χ0n) is 12.9. The average molecular weight is 327 g/mol. The second-order valence-corrected chi connectivity index (χ2v) is 6.39. The highest BCUT2D eigenvalue weighted by molar-refractivity contribution is 5.85. The number of nitrogens with one attached hydrogen (secondary N) is 1. The monoisotopic (exact) mass is 326 g/mol. The number of hydrogen-bond acceptors (Lipinski definition) is 2. The summed E-state index contributed by atoms with van der Waals surface area (Å²) in [5, 5.41) is 3.58. The maximum absolute atomic E-state index is 13.8. The van der Waals surface area contributed by atoms with E-state index in [4.69, 9.17) is 0 Å². The van der Waals surface area contributed by atoms with Gasteiger partial charge in [-0.1, -0.05) is 25.1 Å². The molecule has 0 aliphatic carbocycles. The Morgan fingerprint density at radius 1 is 1.32 bits per heavy atom. The molecular weight excluding hydrogens is 303 g/mol. The fourth-order valence-corrected chi connectivity index (χ4v) is 3.55. The minimum absolute atomic E-state index is 0. The van der Waals surface area contributed by atoms with Gasteiger partial charge in [0.15, 0.2) is 0 Å². The van der Waals surface area contributed by atoms with Crippen molar-refractivity contribution in [2.45, 2.75) is 50.6 Å². The van der Waals surface area contributed by atoms with Crippen molar-refractivity contribution in [2.24, 2.45) is 0 Å². The van der Waals surface area contributed by atoms with Gasteiger partial charge in [0.2, 0.25) is 5.91 Å². The lowest BCUT2D eigenvalue weighted by Gasteiger charge is -2.26.